The van der Waals surface area contributed by atoms with Crippen molar-refractivity contribution in [1.82, 2.24) is 5.32 Å². The molecule has 1 amide bonds. The molecule has 0 aromatic heterocycles. The third kappa shape index (κ3) is 5.30. The number of ether oxygens (including phenoxy) is 1. The van der Waals surface area contributed by atoms with Crippen LogP contribution in [0, 0.1) is 5.92 Å². The van der Waals surface area contributed by atoms with Gasteiger partial charge in [-0.1, -0.05) is 19.1 Å². The molecule has 0 saturated carbocycles. The fraction of sp³-hybridized carbons (Fsp3) is 0.533. The third-order valence-corrected chi connectivity index (χ3v) is 2.85. The van der Waals surface area contributed by atoms with Gasteiger partial charge < -0.3 is 15.2 Å². The normalized spacial score (nSPS) is 12.3. The number of benzene rings is 1. The minimum Gasteiger partial charge on any atom is -0.491 e. The maximum atomic E-state index is 11.7. The lowest BCUT2D eigenvalue weighted by atomic mass is 10.1. The summed E-state index contributed by atoms with van der Waals surface area (Å²) in [5.74, 6) is 0.405. The summed E-state index contributed by atoms with van der Waals surface area (Å²) in [4.78, 5) is 11.7. The highest BCUT2D eigenvalue weighted by atomic mass is 16.5. The first kappa shape index (κ1) is 15.5. The average Bonchev–Trinajstić information content (AvgIpc) is 2.38. The van der Waals surface area contributed by atoms with E-state index < -0.39 is 0 Å². The predicted octanol–water partition coefficient (Wildman–Crippen LogP) is 2.11. The molecule has 0 radical (unpaired) electrons. The van der Waals surface area contributed by atoms with Crippen LogP contribution < -0.4 is 10.1 Å². The molecule has 0 aliphatic heterocycles. The van der Waals surface area contributed by atoms with Gasteiger partial charge in [-0.2, -0.15) is 0 Å². The summed E-state index contributed by atoms with van der Waals surface area (Å²) in [7, 11) is 0. The fourth-order valence-electron chi connectivity index (χ4n) is 1.69. The maximum Gasteiger partial charge on any atom is 0.225 e. The molecule has 4 heteroatoms. The molecule has 1 rings (SSSR count). The first-order valence-electron chi connectivity index (χ1n) is 6.71. The molecule has 0 fully saturated rings. The lowest BCUT2D eigenvalue weighted by Crippen LogP contribution is -2.31. The highest BCUT2D eigenvalue weighted by Gasteiger charge is 2.14. The van der Waals surface area contributed by atoms with E-state index in [1.807, 2.05) is 45.0 Å². The molecule has 0 saturated heterocycles. The van der Waals surface area contributed by atoms with Crippen LogP contribution in [0.1, 0.15) is 32.8 Å². The highest BCUT2D eigenvalue weighted by molar-refractivity contribution is 5.78. The molecule has 1 unspecified atom stereocenters. The third-order valence-electron chi connectivity index (χ3n) is 2.85. The second-order valence-corrected chi connectivity index (χ2v) is 4.82. The van der Waals surface area contributed by atoms with Crippen molar-refractivity contribution < 1.29 is 14.6 Å². The van der Waals surface area contributed by atoms with E-state index in [4.69, 9.17) is 9.84 Å². The summed E-state index contributed by atoms with van der Waals surface area (Å²) < 4.78 is 5.55. The summed E-state index contributed by atoms with van der Waals surface area (Å²) in [6, 6.07) is 7.64. The smallest absolute Gasteiger partial charge is 0.225 e. The Labute approximate surface area is 114 Å². The second kappa shape index (κ2) is 7.79. The van der Waals surface area contributed by atoms with E-state index in [1.165, 1.54) is 0 Å². The molecule has 19 heavy (non-hydrogen) atoms. The largest absolute Gasteiger partial charge is 0.491 e. The molecule has 106 valence electrons. The Kier molecular flexibility index (Phi) is 6.36. The second-order valence-electron chi connectivity index (χ2n) is 4.82. The number of amides is 1. The van der Waals surface area contributed by atoms with Crippen LogP contribution in [0.2, 0.25) is 0 Å². The molecule has 0 aliphatic carbocycles. The average molecular weight is 265 g/mol. The van der Waals surface area contributed by atoms with Crippen LogP contribution in [0.3, 0.4) is 0 Å². The van der Waals surface area contributed by atoms with Gasteiger partial charge in [0.15, 0.2) is 0 Å². The van der Waals surface area contributed by atoms with Gasteiger partial charge >= 0.3 is 0 Å². The number of carbonyl (C=O) groups excluding carboxylic acids is 1. The van der Waals surface area contributed by atoms with Crippen LogP contribution in [0.5, 0.6) is 5.75 Å². The first-order chi connectivity index (χ1) is 9.06. The molecule has 1 aromatic carbocycles. The Morgan fingerprint density at radius 2 is 1.95 bits per heavy atom. The van der Waals surface area contributed by atoms with Crippen LogP contribution >= 0.6 is 0 Å². The Morgan fingerprint density at radius 1 is 1.32 bits per heavy atom. The van der Waals surface area contributed by atoms with Gasteiger partial charge in [0.1, 0.15) is 5.75 Å². The lowest BCUT2D eigenvalue weighted by molar-refractivity contribution is -0.126. The van der Waals surface area contributed by atoms with Crippen LogP contribution in [-0.2, 0) is 11.3 Å². The Bertz CT molecular complexity index is 383. The van der Waals surface area contributed by atoms with Crippen LogP contribution in [-0.4, -0.2) is 23.7 Å². The monoisotopic (exact) mass is 265 g/mol. The molecule has 2 N–H and O–H groups in total. The van der Waals surface area contributed by atoms with Crippen molar-refractivity contribution in [3.05, 3.63) is 29.8 Å². The highest BCUT2D eigenvalue weighted by Crippen LogP contribution is 2.13. The predicted molar refractivity (Wildman–Crippen MR) is 74.9 cm³/mol. The summed E-state index contributed by atoms with van der Waals surface area (Å²) >= 11 is 0. The SMILES string of the molecule is CCC(CO)C(=O)NCc1ccc(OC(C)C)cc1. The minimum absolute atomic E-state index is 0.104. The maximum absolute atomic E-state index is 11.7. The van der Waals surface area contributed by atoms with Gasteiger partial charge in [-0.25, -0.2) is 0 Å². The van der Waals surface area contributed by atoms with Crippen molar-refractivity contribution >= 4 is 5.91 Å². The number of hydrogen-bond acceptors (Lipinski definition) is 3. The van der Waals surface area contributed by atoms with Gasteiger partial charge in [0.2, 0.25) is 5.91 Å². The van der Waals surface area contributed by atoms with Crippen molar-refractivity contribution in [3.63, 3.8) is 0 Å². The minimum atomic E-state index is -0.316. The van der Waals surface area contributed by atoms with Crippen molar-refractivity contribution in [3.8, 4) is 5.75 Å². The van der Waals surface area contributed by atoms with E-state index in [0.29, 0.717) is 13.0 Å². The standard InChI is InChI=1S/C15H23NO3/c1-4-13(10-17)15(18)16-9-12-5-7-14(8-6-12)19-11(2)3/h5-8,11,13,17H,4,9-10H2,1-3H3,(H,16,18). The van der Waals surface area contributed by atoms with Crippen molar-refractivity contribution in [1.29, 1.82) is 0 Å². The number of rotatable bonds is 7. The zero-order valence-electron chi connectivity index (χ0n) is 11.8. The van der Waals surface area contributed by atoms with Gasteiger partial charge in [-0.05, 0) is 38.0 Å². The summed E-state index contributed by atoms with van der Waals surface area (Å²) in [6.07, 6.45) is 0.796. The number of carbonyl (C=O) groups is 1. The van der Waals surface area contributed by atoms with E-state index in [2.05, 4.69) is 5.32 Å². The number of aliphatic hydroxyl groups is 1. The molecule has 0 aliphatic rings. The quantitative estimate of drug-likeness (QED) is 0.794. The topological polar surface area (TPSA) is 58.6 Å². The number of nitrogens with one attached hydrogen (secondary N) is 1. The molecule has 0 heterocycles. The van der Waals surface area contributed by atoms with Gasteiger partial charge in [-0.3, -0.25) is 4.79 Å². The van der Waals surface area contributed by atoms with E-state index in [-0.39, 0.29) is 24.5 Å². The zero-order chi connectivity index (χ0) is 14.3. The molecule has 0 spiro atoms. The molecule has 4 nitrogen and oxygen atoms in total. The number of aliphatic hydroxyl groups excluding tert-OH is 1. The molecule has 1 aromatic rings. The molecule has 1 atom stereocenters. The number of hydrogen-bond donors (Lipinski definition) is 2. The van der Waals surface area contributed by atoms with E-state index >= 15 is 0 Å². The summed E-state index contributed by atoms with van der Waals surface area (Å²) in [5.41, 5.74) is 1.01. The van der Waals surface area contributed by atoms with Crippen LogP contribution in [0.25, 0.3) is 0 Å². The molecular weight excluding hydrogens is 242 g/mol. The Hall–Kier alpha value is -1.55. The fourth-order valence-corrected chi connectivity index (χ4v) is 1.69. The van der Waals surface area contributed by atoms with Gasteiger partial charge in [0.05, 0.1) is 18.6 Å². The Balaban J connectivity index is 2.47. The lowest BCUT2D eigenvalue weighted by Gasteiger charge is -2.13. The zero-order valence-corrected chi connectivity index (χ0v) is 11.8. The molecular formula is C15H23NO3. The molecule has 0 bridgehead atoms. The van der Waals surface area contributed by atoms with E-state index in [0.717, 1.165) is 11.3 Å². The van der Waals surface area contributed by atoms with E-state index in [1.54, 1.807) is 0 Å². The summed E-state index contributed by atoms with van der Waals surface area (Å²) in [5, 5.41) is 11.9. The van der Waals surface area contributed by atoms with Gasteiger partial charge in [-0.15, -0.1) is 0 Å². The van der Waals surface area contributed by atoms with Gasteiger partial charge in [0, 0.05) is 6.54 Å². The van der Waals surface area contributed by atoms with E-state index in [9.17, 15) is 4.79 Å². The Morgan fingerprint density at radius 3 is 2.42 bits per heavy atom. The first-order valence-corrected chi connectivity index (χ1v) is 6.71. The van der Waals surface area contributed by atoms with Gasteiger partial charge in [0.25, 0.3) is 0 Å². The van der Waals surface area contributed by atoms with Crippen LogP contribution in [0.4, 0.5) is 0 Å². The van der Waals surface area contributed by atoms with Crippen molar-refractivity contribution in [2.45, 2.75) is 39.8 Å². The van der Waals surface area contributed by atoms with Crippen molar-refractivity contribution in [2.75, 3.05) is 6.61 Å². The summed E-state index contributed by atoms with van der Waals surface area (Å²) in [6.45, 7) is 6.21. The van der Waals surface area contributed by atoms with Crippen LogP contribution in [0.15, 0.2) is 24.3 Å². The van der Waals surface area contributed by atoms with Crippen molar-refractivity contribution in [2.24, 2.45) is 5.92 Å².